The average Bonchev–Trinajstić information content (AvgIpc) is 2.87. The van der Waals surface area contributed by atoms with Crippen LogP contribution in [0.5, 0.6) is 0 Å². The van der Waals surface area contributed by atoms with Gasteiger partial charge in [0.2, 0.25) is 11.7 Å². The van der Waals surface area contributed by atoms with Crippen molar-refractivity contribution in [3.63, 3.8) is 0 Å². The first kappa shape index (κ1) is 15.6. The molecule has 0 radical (unpaired) electrons. The number of tetrazole rings is 1. The van der Waals surface area contributed by atoms with Crippen LogP contribution in [0.2, 0.25) is 0 Å². The van der Waals surface area contributed by atoms with E-state index in [-0.39, 0.29) is 24.1 Å². The van der Waals surface area contributed by atoms with Gasteiger partial charge in [0.1, 0.15) is 12.4 Å². The second-order valence-electron chi connectivity index (χ2n) is 4.97. The van der Waals surface area contributed by atoms with Crippen LogP contribution < -0.4 is 5.32 Å². The van der Waals surface area contributed by atoms with Crippen molar-refractivity contribution in [3.8, 4) is 11.4 Å². The molecule has 1 amide bonds. The molecule has 1 heterocycles. The molecule has 0 atom stereocenters. The standard InChI is InChI=1S/C13H15BrFN5O/c1-8(2)6-16-12(21)7-20-18-13(17-19-20)10-5-9(15)3-4-11(10)14/h3-5,8H,6-7H2,1-2H3,(H,16,21). The summed E-state index contributed by atoms with van der Waals surface area (Å²) in [5, 5.41) is 14.5. The summed E-state index contributed by atoms with van der Waals surface area (Å²) in [6.45, 7) is 4.59. The second-order valence-corrected chi connectivity index (χ2v) is 5.82. The molecular weight excluding hydrogens is 341 g/mol. The van der Waals surface area contributed by atoms with Crippen LogP contribution in [0.15, 0.2) is 22.7 Å². The molecule has 2 aromatic rings. The Kier molecular flexibility index (Phi) is 5.00. The molecule has 0 unspecified atom stereocenters. The van der Waals surface area contributed by atoms with Crippen LogP contribution in [0.3, 0.4) is 0 Å². The number of hydrogen-bond acceptors (Lipinski definition) is 4. The summed E-state index contributed by atoms with van der Waals surface area (Å²) in [7, 11) is 0. The largest absolute Gasteiger partial charge is 0.354 e. The van der Waals surface area contributed by atoms with E-state index in [2.05, 4.69) is 36.7 Å². The van der Waals surface area contributed by atoms with Crippen LogP contribution in [0.1, 0.15) is 13.8 Å². The Bertz CT molecular complexity index is 643. The van der Waals surface area contributed by atoms with Crippen LogP contribution >= 0.6 is 15.9 Å². The summed E-state index contributed by atoms with van der Waals surface area (Å²) < 4.78 is 13.9. The van der Waals surface area contributed by atoms with E-state index in [0.29, 0.717) is 22.5 Å². The van der Waals surface area contributed by atoms with Crippen molar-refractivity contribution >= 4 is 21.8 Å². The van der Waals surface area contributed by atoms with E-state index < -0.39 is 0 Å². The predicted molar refractivity (Wildman–Crippen MR) is 78.8 cm³/mol. The van der Waals surface area contributed by atoms with Crippen molar-refractivity contribution in [2.45, 2.75) is 20.4 Å². The molecule has 2 rings (SSSR count). The summed E-state index contributed by atoms with van der Waals surface area (Å²) in [6.07, 6.45) is 0. The molecular formula is C13H15BrFN5O. The van der Waals surface area contributed by atoms with Crippen molar-refractivity contribution in [1.29, 1.82) is 0 Å². The van der Waals surface area contributed by atoms with Gasteiger partial charge in [-0.2, -0.15) is 4.80 Å². The lowest BCUT2D eigenvalue weighted by atomic mass is 10.2. The molecule has 0 saturated heterocycles. The Morgan fingerprint density at radius 1 is 1.48 bits per heavy atom. The number of carbonyl (C=O) groups excluding carboxylic acids is 1. The van der Waals surface area contributed by atoms with Crippen molar-refractivity contribution in [2.24, 2.45) is 5.92 Å². The predicted octanol–water partition coefficient (Wildman–Crippen LogP) is 2.01. The fourth-order valence-electron chi connectivity index (χ4n) is 1.59. The second kappa shape index (κ2) is 6.75. The van der Waals surface area contributed by atoms with E-state index in [1.54, 1.807) is 6.07 Å². The van der Waals surface area contributed by atoms with Gasteiger partial charge in [0, 0.05) is 16.6 Å². The number of hydrogen-bond donors (Lipinski definition) is 1. The number of halogens is 2. The summed E-state index contributed by atoms with van der Waals surface area (Å²) in [6, 6.07) is 4.21. The number of rotatable bonds is 5. The monoisotopic (exact) mass is 355 g/mol. The van der Waals surface area contributed by atoms with Gasteiger partial charge in [-0.3, -0.25) is 4.79 Å². The van der Waals surface area contributed by atoms with Crippen molar-refractivity contribution in [2.75, 3.05) is 6.54 Å². The number of amides is 1. The third-order valence-corrected chi connectivity index (χ3v) is 3.31. The molecule has 1 aromatic carbocycles. The summed E-state index contributed by atoms with van der Waals surface area (Å²) in [4.78, 5) is 12.9. The van der Waals surface area contributed by atoms with Crippen LogP contribution in [-0.4, -0.2) is 32.7 Å². The number of aromatic nitrogens is 4. The lowest BCUT2D eigenvalue weighted by Crippen LogP contribution is -2.31. The van der Waals surface area contributed by atoms with Crippen molar-refractivity contribution in [1.82, 2.24) is 25.5 Å². The molecule has 0 saturated carbocycles. The maximum absolute atomic E-state index is 13.3. The van der Waals surface area contributed by atoms with E-state index in [1.165, 1.54) is 16.9 Å². The molecule has 0 spiro atoms. The summed E-state index contributed by atoms with van der Waals surface area (Å²) >= 11 is 3.31. The summed E-state index contributed by atoms with van der Waals surface area (Å²) in [5.41, 5.74) is 0.490. The Morgan fingerprint density at radius 3 is 2.95 bits per heavy atom. The molecule has 0 bridgehead atoms. The van der Waals surface area contributed by atoms with Gasteiger partial charge in [-0.25, -0.2) is 4.39 Å². The smallest absolute Gasteiger partial charge is 0.243 e. The number of benzene rings is 1. The lowest BCUT2D eigenvalue weighted by molar-refractivity contribution is -0.122. The van der Waals surface area contributed by atoms with Crippen LogP contribution in [-0.2, 0) is 11.3 Å². The Morgan fingerprint density at radius 2 is 2.24 bits per heavy atom. The molecule has 0 aliphatic rings. The zero-order valence-corrected chi connectivity index (χ0v) is 13.3. The molecule has 0 aliphatic carbocycles. The number of nitrogens with one attached hydrogen (secondary N) is 1. The highest BCUT2D eigenvalue weighted by molar-refractivity contribution is 9.10. The van der Waals surface area contributed by atoms with Gasteiger partial charge in [0.05, 0.1) is 0 Å². The van der Waals surface area contributed by atoms with E-state index >= 15 is 0 Å². The maximum atomic E-state index is 13.3. The molecule has 112 valence electrons. The topological polar surface area (TPSA) is 72.7 Å². The minimum Gasteiger partial charge on any atom is -0.354 e. The highest BCUT2D eigenvalue weighted by Crippen LogP contribution is 2.25. The lowest BCUT2D eigenvalue weighted by Gasteiger charge is -2.06. The first-order valence-electron chi connectivity index (χ1n) is 6.45. The Balaban J connectivity index is 2.08. The minimum atomic E-state index is -0.390. The highest BCUT2D eigenvalue weighted by atomic mass is 79.9. The molecule has 1 N–H and O–H groups in total. The molecule has 6 nitrogen and oxygen atoms in total. The van der Waals surface area contributed by atoms with E-state index in [4.69, 9.17) is 0 Å². The van der Waals surface area contributed by atoms with Gasteiger partial charge in [-0.1, -0.05) is 29.8 Å². The average molecular weight is 356 g/mol. The molecule has 8 heteroatoms. The quantitative estimate of drug-likeness (QED) is 0.890. The fourth-order valence-corrected chi connectivity index (χ4v) is 2.01. The zero-order chi connectivity index (χ0) is 15.4. The first-order valence-corrected chi connectivity index (χ1v) is 7.25. The Labute approximate surface area is 129 Å². The third kappa shape index (κ3) is 4.32. The Hall–Kier alpha value is -1.83. The van der Waals surface area contributed by atoms with Gasteiger partial charge >= 0.3 is 0 Å². The van der Waals surface area contributed by atoms with E-state index in [0.717, 1.165) is 0 Å². The van der Waals surface area contributed by atoms with Gasteiger partial charge in [0.25, 0.3) is 0 Å². The first-order chi connectivity index (χ1) is 9.95. The fraction of sp³-hybridized carbons (Fsp3) is 0.385. The normalized spacial score (nSPS) is 10.9. The third-order valence-electron chi connectivity index (χ3n) is 2.61. The zero-order valence-electron chi connectivity index (χ0n) is 11.7. The maximum Gasteiger partial charge on any atom is 0.243 e. The van der Waals surface area contributed by atoms with Crippen molar-refractivity contribution < 1.29 is 9.18 Å². The molecule has 1 aromatic heterocycles. The van der Waals surface area contributed by atoms with E-state index in [1.807, 2.05) is 13.8 Å². The van der Waals surface area contributed by atoms with Crippen LogP contribution in [0.4, 0.5) is 4.39 Å². The SMILES string of the molecule is CC(C)CNC(=O)Cn1nnc(-c2cc(F)ccc2Br)n1. The van der Waals surface area contributed by atoms with Crippen molar-refractivity contribution in [3.05, 3.63) is 28.5 Å². The van der Waals surface area contributed by atoms with Crippen LogP contribution in [0, 0.1) is 11.7 Å². The van der Waals surface area contributed by atoms with E-state index in [9.17, 15) is 9.18 Å². The molecule has 0 fully saturated rings. The van der Waals surface area contributed by atoms with Gasteiger partial charge < -0.3 is 5.32 Å². The van der Waals surface area contributed by atoms with Gasteiger partial charge in [-0.15, -0.1) is 10.2 Å². The van der Waals surface area contributed by atoms with Crippen LogP contribution in [0.25, 0.3) is 11.4 Å². The molecule has 21 heavy (non-hydrogen) atoms. The summed E-state index contributed by atoms with van der Waals surface area (Å²) in [5.74, 6) is 0.0553. The highest BCUT2D eigenvalue weighted by Gasteiger charge is 2.12. The van der Waals surface area contributed by atoms with Gasteiger partial charge in [-0.05, 0) is 29.3 Å². The van der Waals surface area contributed by atoms with Gasteiger partial charge in [0.15, 0.2) is 0 Å². The molecule has 0 aliphatic heterocycles. The minimum absolute atomic E-state index is 0.0212. The number of nitrogens with zero attached hydrogens (tertiary/aromatic N) is 4. The number of carbonyl (C=O) groups is 1.